The number of aromatic nitrogens is 4. The second-order valence-electron chi connectivity index (χ2n) is 6.55. The van der Waals surface area contributed by atoms with Crippen molar-refractivity contribution in [2.24, 2.45) is 0 Å². The van der Waals surface area contributed by atoms with Gasteiger partial charge >= 0.3 is 6.36 Å². The summed E-state index contributed by atoms with van der Waals surface area (Å²) in [5.41, 5.74) is 0.772. The molecule has 0 bridgehead atoms. The fourth-order valence-electron chi connectivity index (χ4n) is 2.83. The lowest BCUT2D eigenvalue weighted by atomic mass is 10.3. The van der Waals surface area contributed by atoms with E-state index < -0.39 is 23.6 Å². The van der Waals surface area contributed by atoms with Crippen LogP contribution in [0.1, 0.15) is 0 Å². The minimum absolute atomic E-state index is 0.111. The third-order valence-corrected chi connectivity index (χ3v) is 5.29. The average molecular weight is 496 g/mol. The molecule has 0 saturated carbocycles. The number of H-pyrrole nitrogens is 1. The number of rotatable bonds is 6. The van der Waals surface area contributed by atoms with Crippen LogP contribution in [0.15, 0.2) is 64.7 Å². The Labute approximate surface area is 192 Å². The van der Waals surface area contributed by atoms with Gasteiger partial charge in [-0.3, -0.25) is 9.59 Å². The molecule has 8 nitrogen and oxygen atoms in total. The molecule has 2 aromatic heterocycles. The SMILES string of the molecule is O=C(CSc1nc2c(cnn2-c2cccc(Cl)c2)c(=O)[nH]1)Nc1ccc(OC(F)(F)F)cc1. The van der Waals surface area contributed by atoms with E-state index in [-0.39, 0.29) is 22.0 Å². The topological polar surface area (TPSA) is 102 Å². The van der Waals surface area contributed by atoms with Gasteiger partial charge in [-0.15, -0.1) is 13.2 Å². The molecule has 13 heteroatoms. The van der Waals surface area contributed by atoms with Crippen LogP contribution < -0.4 is 15.6 Å². The van der Waals surface area contributed by atoms with Gasteiger partial charge in [0, 0.05) is 10.7 Å². The monoisotopic (exact) mass is 495 g/mol. The van der Waals surface area contributed by atoms with E-state index in [1.807, 2.05) is 0 Å². The van der Waals surface area contributed by atoms with Crippen molar-refractivity contribution in [1.82, 2.24) is 19.7 Å². The quantitative estimate of drug-likeness (QED) is 0.304. The van der Waals surface area contributed by atoms with Crippen LogP contribution in [0.25, 0.3) is 16.7 Å². The Morgan fingerprint density at radius 1 is 1.21 bits per heavy atom. The Morgan fingerprint density at radius 2 is 1.97 bits per heavy atom. The molecule has 1 amide bonds. The molecule has 4 rings (SSSR count). The zero-order chi connectivity index (χ0) is 23.6. The number of hydrogen-bond donors (Lipinski definition) is 2. The van der Waals surface area contributed by atoms with E-state index in [2.05, 4.69) is 25.1 Å². The predicted octanol–water partition coefficient (Wildman–Crippen LogP) is 4.39. The van der Waals surface area contributed by atoms with Crippen LogP contribution >= 0.6 is 23.4 Å². The molecule has 2 heterocycles. The summed E-state index contributed by atoms with van der Waals surface area (Å²) in [7, 11) is 0. The number of halogens is 4. The number of fused-ring (bicyclic) bond motifs is 1. The molecule has 0 unspecified atom stereocenters. The van der Waals surface area contributed by atoms with Crippen molar-refractivity contribution >= 4 is 46.0 Å². The summed E-state index contributed by atoms with van der Waals surface area (Å²) in [6.45, 7) is 0. The van der Waals surface area contributed by atoms with Gasteiger partial charge in [0.15, 0.2) is 10.8 Å². The van der Waals surface area contributed by atoms with Gasteiger partial charge in [-0.25, -0.2) is 9.67 Å². The Balaban J connectivity index is 1.45. The average Bonchev–Trinajstić information content (AvgIpc) is 3.17. The molecule has 0 aliphatic heterocycles. The Hall–Kier alpha value is -3.51. The van der Waals surface area contributed by atoms with Gasteiger partial charge in [0.25, 0.3) is 5.56 Å². The first kappa shape index (κ1) is 22.7. The molecular weight excluding hydrogens is 483 g/mol. The Kier molecular flexibility index (Phi) is 6.29. The molecule has 0 aliphatic rings. The highest BCUT2D eigenvalue weighted by Crippen LogP contribution is 2.24. The van der Waals surface area contributed by atoms with Gasteiger partial charge in [0.1, 0.15) is 11.1 Å². The third kappa shape index (κ3) is 5.65. The maximum atomic E-state index is 12.4. The minimum Gasteiger partial charge on any atom is -0.406 e. The molecule has 0 aliphatic carbocycles. The van der Waals surface area contributed by atoms with E-state index in [0.29, 0.717) is 16.4 Å². The van der Waals surface area contributed by atoms with E-state index in [9.17, 15) is 22.8 Å². The number of carbonyl (C=O) groups is 1. The summed E-state index contributed by atoms with van der Waals surface area (Å²) >= 11 is 7.01. The molecule has 0 radical (unpaired) electrons. The standard InChI is InChI=1S/C20H13ClF3N5O3S/c21-11-2-1-3-13(8-11)29-17-15(9-25-29)18(31)28-19(27-17)33-10-16(30)26-12-4-6-14(7-5-12)32-20(22,23)24/h1-9H,10H2,(H,26,30)(H,27,28,31). The highest BCUT2D eigenvalue weighted by Gasteiger charge is 2.31. The molecule has 0 spiro atoms. The molecule has 0 atom stereocenters. The fourth-order valence-corrected chi connectivity index (χ4v) is 3.67. The molecule has 2 aromatic carbocycles. The van der Waals surface area contributed by atoms with Gasteiger partial charge in [0.05, 0.1) is 17.6 Å². The molecule has 170 valence electrons. The number of aromatic amines is 1. The molecule has 33 heavy (non-hydrogen) atoms. The summed E-state index contributed by atoms with van der Waals surface area (Å²) in [5, 5.41) is 7.69. The van der Waals surface area contributed by atoms with Crippen LogP contribution in [0.5, 0.6) is 5.75 Å². The third-order valence-electron chi connectivity index (χ3n) is 4.18. The van der Waals surface area contributed by atoms with Crippen LogP contribution in [0.3, 0.4) is 0 Å². The van der Waals surface area contributed by atoms with E-state index in [1.54, 1.807) is 24.3 Å². The van der Waals surface area contributed by atoms with Gasteiger partial charge in [-0.1, -0.05) is 29.4 Å². The highest BCUT2D eigenvalue weighted by atomic mass is 35.5. The van der Waals surface area contributed by atoms with Gasteiger partial charge in [-0.2, -0.15) is 5.10 Å². The number of ether oxygens (including phenoxy) is 1. The smallest absolute Gasteiger partial charge is 0.406 e. The maximum absolute atomic E-state index is 12.4. The van der Waals surface area contributed by atoms with Crippen molar-refractivity contribution in [1.29, 1.82) is 0 Å². The number of nitrogens with one attached hydrogen (secondary N) is 2. The molecular formula is C20H13ClF3N5O3S. The zero-order valence-corrected chi connectivity index (χ0v) is 18.0. The van der Waals surface area contributed by atoms with Crippen molar-refractivity contribution in [3.8, 4) is 11.4 Å². The lowest BCUT2D eigenvalue weighted by Crippen LogP contribution is -2.17. The van der Waals surface area contributed by atoms with Crippen molar-refractivity contribution < 1.29 is 22.7 Å². The van der Waals surface area contributed by atoms with Crippen molar-refractivity contribution in [3.63, 3.8) is 0 Å². The summed E-state index contributed by atoms with van der Waals surface area (Å²) in [6, 6.07) is 11.6. The number of thioether (sulfide) groups is 1. The van der Waals surface area contributed by atoms with Gasteiger partial charge in [0.2, 0.25) is 5.91 Å². The van der Waals surface area contributed by atoms with Crippen molar-refractivity contribution in [2.75, 3.05) is 11.1 Å². The number of hydrogen-bond acceptors (Lipinski definition) is 6. The molecule has 0 fully saturated rings. The van der Waals surface area contributed by atoms with Crippen LogP contribution in [0.2, 0.25) is 5.02 Å². The number of carbonyl (C=O) groups excluding carboxylic acids is 1. The first-order valence-electron chi connectivity index (χ1n) is 9.20. The summed E-state index contributed by atoms with van der Waals surface area (Å²) in [4.78, 5) is 31.6. The summed E-state index contributed by atoms with van der Waals surface area (Å²) < 4.78 is 41.9. The van der Waals surface area contributed by atoms with Crippen molar-refractivity contribution in [3.05, 3.63) is 70.1 Å². The number of alkyl halides is 3. The van der Waals surface area contributed by atoms with Crippen LogP contribution in [0.4, 0.5) is 18.9 Å². The molecule has 4 aromatic rings. The van der Waals surface area contributed by atoms with Crippen molar-refractivity contribution in [2.45, 2.75) is 11.5 Å². The summed E-state index contributed by atoms with van der Waals surface area (Å²) in [6.07, 6.45) is -3.41. The Bertz CT molecular complexity index is 1370. The number of nitrogens with zero attached hydrogens (tertiary/aromatic N) is 3. The predicted molar refractivity (Wildman–Crippen MR) is 117 cm³/mol. The van der Waals surface area contributed by atoms with E-state index in [0.717, 1.165) is 23.9 Å². The molecule has 2 N–H and O–H groups in total. The zero-order valence-electron chi connectivity index (χ0n) is 16.4. The lowest BCUT2D eigenvalue weighted by molar-refractivity contribution is -0.274. The van der Waals surface area contributed by atoms with Crippen LogP contribution in [-0.2, 0) is 4.79 Å². The van der Waals surface area contributed by atoms with Crippen LogP contribution in [0, 0.1) is 0 Å². The van der Waals surface area contributed by atoms with E-state index >= 15 is 0 Å². The van der Waals surface area contributed by atoms with Crippen LogP contribution in [-0.4, -0.2) is 37.8 Å². The number of anilines is 1. The fraction of sp³-hybridized carbons (Fsp3) is 0.100. The van der Waals surface area contributed by atoms with E-state index in [4.69, 9.17) is 11.6 Å². The van der Waals surface area contributed by atoms with E-state index in [1.165, 1.54) is 23.0 Å². The second-order valence-corrected chi connectivity index (χ2v) is 7.95. The largest absolute Gasteiger partial charge is 0.573 e. The minimum atomic E-state index is -4.80. The second kappa shape index (κ2) is 9.16. The first-order chi connectivity index (χ1) is 15.7. The lowest BCUT2D eigenvalue weighted by Gasteiger charge is -2.10. The maximum Gasteiger partial charge on any atom is 0.573 e. The van der Waals surface area contributed by atoms with Gasteiger partial charge < -0.3 is 15.0 Å². The Morgan fingerprint density at radius 3 is 2.67 bits per heavy atom. The highest BCUT2D eigenvalue weighted by molar-refractivity contribution is 7.99. The normalized spacial score (nSPS) is 11.5. The summed E-state index contributed by atoms with van der Waals surface area (Å²) in [5.74, 6) is -0.961. The first-order valence-corrected chi connectivity index (χ1v) is 10.6. The molecule has 0 saturated heterocycles. The van der Waals surface area contributed by atoms with Gasteiger partial charge in [-0.05, 0) is 42.5 Å². The number of benzene rings is 2. The number of amides is 1.